The standard InChI is InChI=1S/C19H17N5O4/c1-11(25)21-14-6-4-12(5-7-14)19(27)24-9-13(10-24)18-22-16(23-28-18)15-3-2-8-20-17(15)26/h2-8,13,15H,9-10H2,1H3,(H,21,25). The van der Waals surface area contributed by atoms with E-state index in [1.54, 1.807) is 41.3 Å². The number of nitrogens with zero attached hydrogens (tertiary/aromatic N) is 4. The van der Waals surface area contributed by atoms with Crippen LogP contribution in [0.25, 0.3) is 0 Å². The summed E-state index contributed by atoms with van der Waals surface area (Å²) in [5.41, 5.74) is 1.18. The predicted octanol–water partition coefficient (Wildman–Crippen LogP) is 1.52. The molecule has 0 spiro atoms. The fourth-order valence-electron chi connectivity index (χ4n) is 3.06. The van der Waals surface area contributed by atoms with Crippen LogP contribution in [0.5, 0.6) is 0 Å². The summed E-state index contributed by atoms with van der Waals surface area (Å²) in [7, 11) is 0. The first kappa shape index (κ1) is 17.8. The second-order valence-electron chi connectivity index (χ2n) is 6.64. The molecule has 142 valence electrons. The van der Waals surface area contributed by atoms with E-state index in [-0.39, 0.29) is 29.5 Å². The number of carbonyl (C=O) groups excluding carboxylic acids is 3. The van der Waals surface area contributed by atoms with E-state index in [0.29, 0.717) is 30.2 Å². The summed E-state index contributed by atoms with van der Waals surface area (Å²) in [6.45, 7) is 2.34. The second-order valence-corrected chi connectivity index (χ2v) is 6.64. The van der Waals surface area contributed by atoms with Gasteiger partial charge in [0.05, 0.1) is 5.92 Å². The molecule has 9 nitrogen and oxygen atoms in total. The van der Waals surface area contributed by atoms with Crippen LogP contribution >= 0.6 is 0 Å². The molecule has 0 aliphatic carbocycles. The van der Waals surface area contributed by atoms with Crippen molar-refractivity contribution in [3.05, 3.63) is 53.7 Å². The average Bonchev–Trinajstić information content (AvgIpc) is 3.10. The van der Waals surface area contributed by atoms with Gasteiger partial charge >= 0.3 is 0 Å². The average molecular weight is 379 g/mol. The molecule has 1 unspecified atom stereocenters. The van der Waals surface area contributed by atoms with Crippen molar-refractivity contribution in [2.24, 2.45) is 4.99 Å². The summed E-state index contributed by atoms with van der Waals surface area (Å²) < 4.78 is 5.28. The van der Waals surface area contributed by atoms with Crippen molar-refractivity contribution in [2.45, 2.75) is 18.8 Å². The first-order valence-corrected chi connectivity index (χ1v) is 8.76. The van der Waals surface area contributed by atoms with Crippen molar-refractivity contribution in [3.63, 3.8) is 0 Å². The minimum Gasteiger partial charge on any atom is -0.339 e. The van der Waals surface area contributed by atoms with Gasteiger partial charge in [-0.3, -0.25) is 14.4 Å². The Kier molecular flexibility index (Phi) is 4.56. The van der Waals surface area contributed by atoms with Gasteiger partial charge in [-0.25, -0.2) is 4.99 Å². The molecule has 28 heavy (non-hydrogen) atoms. The predicted molar refractivity (Wildman–Crippen MR) is 99.1 cm³/mol. The van der Waals surface area contributed by atoms with Gasteiger partial charge in [-0.15, -0.1) is 0 Å². The van der Waals surface area contributed by atoms with Crippen LogP contribution in [-0.4, -0.2) is 52.1 Å². The highest BCUT2D eigenvalue weighted by atomic mass is 16.5. The second kappa shape index (κ2) is 7.18. The number of aromatic nitrogens is 2. The molecule has 1 saturated heterocycles. The largest absolute Gasteiger partial charge is 0.339 e. The highest BCUT2D eigenvalue weighted by molar-refractivity contribution is 5.97. The van der Waals surface area contributed by atoms with Gasteiger partial charge in [0.15, 0.2) is 5.82 Å². The Labute approximate surface area is 160 Å². The Morgan fingerprint density at radius 1 is 1.21 bits per heavy atom. The van der Waals surface area contributed by atoms with E-state index in [1.807, 2.05) is 0 Å². The van der Waals surface area contributed by atoms with E-state index in [9.17, 15) is 14.4 Å². The monoisotopic (exact) mass is 379 g/mol. The Hall–Kier alpha value is -3.62. The summed E-state index contributed by atoms with van der Waals surface area (Å²) in [6, 6.07) is 6.72. The molecular weight excluding hydrogens is 362 g/mol. The molecular formula is C19H17N5O4. The Morgan fingerprint density at radius 3 is 2.64 bits per heavy atom. The maximum atomic E-state index is 12.5. The molecule has 1 aromatic carbocycles. The number of aliphatic imine (C=N–C) groups is 1. The number of nitrogens with one attached hydrogen (secondary N) is 1. The fourth-order valence-corrected chi connectivity index (χ4v) is 3.06. The molecule has 3 heterocycles. The Balaban J connectivity index is 1.36. The molecule has 3 amide bonds. The summed E-state index contributed by atoms with van der Waals surface area (Å²) in [5, 5.41) is 6.54. The number of amides is 3. The van der Waals surface area contributed by atoms with Crippen LogP contribution in [-0.2, 0) is 9.59 Å². The minimum atomic E-state index is -0.623. The van der Waals surface area contributed by atoms with Crippen LogP contribution in [0.2, 0.25) is 0 Å². The number of allylic oxidation sites excluding steroid dienone is 1. The van der Waals surface area contributed by atoms with Gasteiger partial charge in [-0.1, -0.05) is 11.2 Å². The molecule has 9 heteroatoms. The third-order valence-electron chi connectivity index (χ3n) is 4.56. The summed E-state index contributed by atoms with van der Waals surface area (Å²) in [5.74, 6) is -0.589. The van der Waals surface area contributed by atoms with Crippen LogP contribution in [0.15, 0.2) is 45.9 Å². The molecule has 0 bridgehead atoms. The van der Waals surface area contributed by atoms with Crippen LogP contribution in [0.3, 0.4) is 0 Å². The van der Waals surface area contributed by atoms with Gasteiger partial charge < -0.3 is 14.7 Å². The molecule has 0 saturated carbocycles. The van der Waals surface area contributed by atoms with Crippen molar-refractivity contribution in [3.8, 4) is 0 Å². The molecule has 2 aliphatic rings. The first-order valence-electron chi connectivity index (χ1n) is 8.76. The number of anilines is 1. The van der Waals surface area contributed by atoms with Crippen molar-refractivity contribution in [1.29, 1.82) is 0 Å². The van der Waals surface area contributed by atoms with Crippen molar-refractivity contribution >= 4 is 29.6 Å². The number of hydrogen-bond donors (Lipinski definition) is 1. The van der Waals surface area contributed by atoms with Crippen LogP contribution in [0, 0.1) is 0 Å². The number of benzene rings is 1. The highest BCUT2D eigenvalue weighted by Gasteiger charge is 2.37. The maximum Gasteiger partial charge on any atom is 0.260 e. The van der Waals surface area contributed by atoms with Gasteiger partial charge in [-0.05, 0) is 30.3 Å². The molecule has 1 aromatic heterocycles. The smallest absolute Gasteiger partial charge is 0.260 e. The molecule has 1 fully saturated rings. The quantitative estimate of drug-likeness (QED) is 0.860. The number of likely N-dealkylation sites (tertiary alicyclic amines) is 1. The topological polar surface area (TPSA) is 118 Å². The SMILES string of the molecule is CC(=O)Nc1ccc(C(=O)N2CC(c3nc(C4C=CC=NC4=O)no3)C2)cc1. The lowest BCUT2D eigenvalue weighted by atomic mass is 9.98. The fraction of sp³-hybridized carbons (Fsp3) is 0.263. The zero-order chi connectivity index (χ0) is 19.7. The first-order chi connectivity index (χ1) is 13.5. The molecule has 2 aromatic rings. The van der Waals surface area contributed by atoms with Gasteiger partial charge in [0.2, 0.25) is 11.8 Å². The maximum absolute atomic E-state index is 12.5. The molecule has 1 atom stereocenters. The summed E-state index contributed by atoms with van der Waals surface area (Å²) in [6.07, 6.45) is 4.77. The molecule has 1 N–H and O–H groups in total. The van der Waals surface area contributed by atoms with E-state index >= 15 is 0 Å². The Bertz CT molecular complexity index is 986. The number of hydrogen-bond acceptors (Lipinski definition) is 6. The number of rotatable bonds is 4. The van der Waals surface area contributed by atoms with E-state index in [0.717, 1.165) is 0 Å². The summed E-state index contributed by atoms with van der Waals surface area (Å²) >= 11 is 0. The van der Waals surface area contributed by atoms with Crippen LogP contribution in [0.1, 0.15) is 40.8 Å². The lowest BCUT2D eigenvalue weighted by Crippen LogP contribution is -2.48. The van der Waals surface area contributed by atoms with Gasteiger partial charge in [0.25, 0.3) is 11.8 Å². The van der Waals surface area contributed by atoms with Gasteiger partial charge in [-0.2, -0.15) is 4.98 Å². The lowest BCUT2D eigenvalue weighted by molar-refractivity contribution is -0.118. The zero-order valence-electron chi connectivity index (χ0n) is 15.0. The third kappa shape index (κ3) is 3.46. The van der Waals surface area contributed by atoms with Crippen LogP contribution in [0.4, 0.5) is 5.69 Å². The number of carbonyl (C=O) groups is 3. The van der Waals surface area contributed by atoms with Crippen molar-refractivity contribution < 1.29 is 18.9 Å². The van der Waals surface area contributed by atoms with Crippen molar-refractivity contribution in [1.82, 2.24) is 15.0 Å². The highest BCUT2D eigenvalue weighted by Crippen LogP contribution is 2.29. The van der Waals surface area contributed by atoms with E-state index < -0.39 is 5.92 Å². The summed E-state index contributed by atoms with van der Waals surface area (Å²) in [4.78, 5) is 45.1. The normalized spacial score (nSPS) is 18.8. The van der Waals surface area contributed by atoms with Crippen molar-refractivity contribution in [2.75, 3.05) is 18.4 Å². The van der Waals surface area contributed by atoms with Gasteiger partial charge in [0, 0.05) is 37.5 Å². The van der Waals surface area contributed by atoms with E-state index in [2.05, 4.69) is 20.4 Å². The van der Waals surface area contributed by atoms with E-state index in [1.165, 1.54) is 13.1 Å². The van der Waals surface area contributed by atoms with E-state index in [4.69, 9.17) is 4.52 Å². The number of dihydropyridines is 1. The minimum absolute atomic E-state index is 0.0602. The molecule has 2 aliphatic heterocycles. The zero-order valence-corrected chi connectivity index (χ0v) is 15.0. The van der Waals surface area contributed by atoms with Gasteiger partial charge in [0.1, 0.15) is 5.92 Å². The molecule has 4 rings (SSSR count). The third-order valence-corrected chi connectivity index (χ3v) is 4.56. The molecule has 0 radical (unpaired) electrons. The van der Waals surface area contributed by atoms with Crippen LogP contribution < -0.4 is 5.32 Å². The Morgan fingerprint density at radius 2 is 1.96 bits per heavy atom. The lowest BCUT2D eigenvalue weighted by Gasteiger charge is -2.37.